The maximum absolute atomic E-state index is 13.4. The highest BCUT2D eigenvalue weighted by atomic mass is 32.2. The minimum Gasteiger partial charge on any atom is -0.195 e. The Morgan fingerprint density at radius 1 is 0.485 bits per heavy atom. The van der Waals surface area contributed by atoms with Crippen LogP contribution in [0, 0.1) is 0 Å². The second-order valence-corrected chi connectivity index (χ2v) is 12.7. The molecule has 3 aliphatic heterocycles. The molecular formula is C23H30N4O4S2. The molecular weight excluding hydrogens is 460 g/mol. The van der Waals surface area contributed by atoms with E-state index in [1.165, 1.54) is 28.3 Å². The second kappa shape index (κ2) is 9.09. The lowest BCUT2D eigenvalue weighted by Gasteiger charge is -2.33. The van der Waals surface area contributed by atoms with E-state index in [2.05, 4.69) is 0 Å². The summed E-state index contributed by atoms with van der Waals surface area (Å²) in [5, 5.41) is 0. The maximum atomic E-state index is 13.4. The van der Waals surface area contributed by atoms with Crippen LogP contribution in [0.15, 0.2) is 48.5 Å². The van der Waals surface area contributed by atoms with Crippen LogP contribution >= 0.6 is 0 Å². The molecule has 0 saturated carbocycles. The molecule has 10 heteroatoms. The Bertz CT molecular complexity index is 1140. The van der Waals surface area contributed by atoms with Gasteiger partial charge in [0, 0.05) is 52.4 Å². The monoisotopic (exact) mass is 490 g/mol. The normalized spacial score (nSPS) is 21.8. The fourth-order valence-electron chi connectivity index (χ4n) is 4.99. The number of benzene rings is 2. The van der Waals surface area contributed by atoms with Gasteiger partial charge in [0.25, 0.3) is 20.4 Å². The first kappa shape index (κ1) is 22.9. The number of nitrogens with zero attached hydrogens (tertiary/aromatic N) is 4. The van der Waals surface area contributed by atoms with E-state index in [0.29, 0.717) is 58.5 Å². The summed E-state index contributed by atoms with van der Waals surface area (Å²) in [6.45, 7) is 2.63. The van der Waals surface area contributed by atoms with Crippen LogP contribution in [0.1, 0.15) is 28.7 Å². The molecule has 0 aliphatic carbocycles. The zero-order valence-electron chi connectivity index (χ0n) is 18.6. The summed E-state index contributed by atoms with van der Waals surface area (Å²) < 4.78 is 59.5. The van der Waals surface area contributed by atoms with E-state index < -0.39 is 20.4 Å². The van der Waals surface area contributed by atoms with Crippen molar-refractivity contribution < 1.29 is 16.8 Å². The first-order chi connectivity index (χ1) is 15.9. The van der Waals surface area contributed by atoms with Gasteiger partial charge in [-0.25, -0.2) is 0 Å². The van der Waals surface area contributed by atoms with Gasteiger partial charge < -0.3 is 0 Å². The Kier molecular flexibility index (Phi) is 6.32. The van der Waals surface area contributed by atoms with Crippen LogP contribution < -0.4 is 0 Å². The van der Waals surface area contributed by atoms with Crippen LogP contribution in [0.25, 0.3) is 0 Å². The maximum Gasteiger partial charge on any atom is 0.282 e. The smallest absolute Gasteiger partial charge is 0.195 e. The van der Waals surface area contributed by atoms with E-state index in [1.54, 1.807) is 0 Å². The van der Waals surface area contributed by atoms with Gasteiger partial charge in [-0.15, -0.1) is 0 Å². The minimum atomic E-state index is -3.65. The van der Waals surface area contributed by atoms with Gasteiger partial charge in [-0.2, -0.15) is 34.1 Å². The number of fused-ring (bicyclic) bond motifs is 2. The highest BCUT2D eigenvalue weighted by Crippen LogP contribution is 2.26. The highest BCUT2D eigenvalue weighted by molar-refractivity contribution is 7.87. The molecule has 2 aromatic rings. The molecule has 0 amide bonds. The van der Waals surface area contributed by atoms with E-state index in [0.717, 1.165) is 11.1 Å². The first-order valence-electron chi connectivity index (χ1n) is 11.5. The fourth-order valence-corrected chi connectivity index (χ4v) is 8.24. The van der Waals surface area contributed by atoms with Gasteiger partial charge in [-0.05, 0) is 41.5 Å². The van der Waals surface area contributed by atoms with Gasteiger partial charge in [0.15, 0.2) is 0 Å². The number of rotatable bonds is 4. The molecule has 0 aromatic heterocycles. The molecule has 178 valence electrons. The van der Waals surface area contributed by atoms with Crippen molar-refractivity contribution in [2.45, 2.75) is 32.4 Å². The highest BCUT2D eigenvalue weighted by Gasteiger charge is 2.37. The molecule has 0 spiro atoms. The van der Waals surface area contributed by atoms with E-state index in [1.807, 2.05) is 48.5 Å². The van der Waals surface area contributed by atoms with Crippen molar-refractivity contribution in [3.63, 3.8) is 0 Å². The topological polar surface area (TPSA) is 81.2 Å². The Hall–Kier alpha value is -1.82. The summed E-state index contributed by atoms with van der Waals surface area (Å²) in [7, 11) is -7.31. The quantitative estimate of drug-likeness (QED) is 0.652. The standard InChI is InChI=1S/C23H30N4O4S2/c28-32(29,26-14-10-20-6-1-3-8-22(20)18-26)24-12-5-13-25(17-16-24)33(30,31)27-15-11-21-7-2-4-9-23(21)19-27/h1-4,6-9H,5,10-19H2. The van der Waals surface area contributed by atoms with Crippen LogP contribution in [-0.2, 0) is 46.3 Å². The summed E-state index contributed by atoms with van der Waals surface area (Å²) in [6, 6.07) is 15.9. The Labute approximate surface area is 196 Å². The average Bonchev–Trinajstić information content (AvgIpc) is 3.11. The van der Waals surface area contributed by atoms with Crippen LogP contribution in [0.3, 0.4) is 0 Å². The molecule has 2 aromatic carbocycles. The van der Waals surface area contributed by atoms with Gasteiger partial charge >= 0.3 is 0 Å². The molecule has 3 heterocycles. The SMILES string of the molecule is O=S(=O)(N1CCCN(S(=O)(=O)N2CCc3ccccc3C2)CC1)N1CCc2ccccc2C1. The lowest BCUT2D eigenvalue weighted by Crippen LogP contribution is -2.49. The molecule has 8 nitrogen and oxygen atoms in total. The summed E-state index contributed by atoms with van der Waals surface area (Å²) in [4.78, 5) is 0. The van der Waals surface area contributed by atoms with Crippen molar-refractivity contribution >= 4 is 20.4 Å². The van der Waals surface area contributed by atoms with Gasteiger partial charge in [0.05, 0.1) is 0 Å². The lowest BCUT2D eigenvalue weighted by molar-refractivity contribution is 0.317. The minimum absolute atomic E-state index is 0.171. The summed E-state index contributed by atoms with van der Waals surface area (Å²) >= 11 is 0. The predicted octanol–water partition coefficient (Wildman–Crippen LogP) is 1.60. The summed E-state index contributed by atoms with van der Waals surface area (Å²) in [5.74, 6) is 0. The molecule has 5 rings (SSSR count). The molecule has 0 bridgehead atoms. The number of hydrogen-bond acceptors (Lipinski definition) is 4. The third kappa shape index (κ3) is 4.48. The van der Waals surface area contributed by atoms with Gasteiger partial charge in [-0.1, -0.05) is 48.5 Å². The molecule has 0 unspecified atom stereocenters. The van der Waals surface area contributed by atoms with Crippen molar-refractivity contribution in [3.8, 4) is 0 Å². The van der Waals surface area contributed by atoms with E-state index >= 15 is 0 Å². The van der Waals surface area contributed by atoms with Crippen molar-refractivity contribution in [1.82, 2.24) is 17.2 Å². The first-order valence-corrected chi connectivity index (χ1v) is 14.3. The predicted molar refractivity (Wildman–Crippen MR) is 127 cm³/mol. The van der Waals surface area contributed by atoms with Gasteiger partial charge in [-0.3, -0.25) is 0 Å². The molecule has 0 atom stereocenters. The molecule has 3 aliphatic rings. The van der Waals surface area contributed by atoms with E-state index in [-0.39, 0.29) is 13.1 Å². The molecule has 0 radical (unpaired) electrons. The van der Waals surface area contributed by atoms with E-state index in [9.17, 15) is 16.8 Å². The van der Waals surface area contributed by atoms with Gasteiger partial charge in [0.2, 0.25) is 0 Å². The third-order valence-corrected chi connectivity index (χ3v) is 10.9. The van der Waals surface area contributed by atoms with Crippen LogP contribution in [-0.4, -0.2) is 73.3 Å². The van der Waals surface area contributed by atoms with E-state index in [4.69, 9.17) is 0 Å². The zero-order valence-corrected chi connectivity index (χ0v) is 20.3. The van der Waals surface area contributed by atoms with Crippen molar-refractivity contribution in [2.24, 2.45) is 0 Å². The number of hydrogen-bond donors (Lipinski definition) is 0. The fraction of sp³-hybridized carbons (Fsp3) is 0.478. The molecule has 0 N–H and O–H groups in total. The molecule has 33 heavy (non-hydrogen) atoms. The summed E-state index contributed by atoms with van der Waals surface area (Å²) in [5.41, 5.74) is 4.47. The van der Waals surface area contributed by atoms with Crippen molar-refractivity contribution in [3.05, 3.63) is 70.8 Å². The molecule has 1 saturated heterocycles. The van der Waals surface area contributed by atoms with Crippen LogP contribution in [0.4, 0.5) is 0 Å². The lowest BCUT2D eigenvalue weighted by atomic mass is 10.0. The van der Waals surface area contributed by atoms with Crippen molar-refractivity contribution in [2.75, 3.05) is 39.3 Å². The zero-order chi connectivity index (χ0) is 23.1. The Morgan fingerprint density at radius 3 is 1.30 bits per heavy atom. The average molecular weight is 491 g/mol. The van der Waals surface area contributed by atoms with Crippen LogP contribution in [0.2, 0.25) is 0 Å². The Morgan fingerprint density at radius 2 is 0.879 bits per heavy atom. The second-order valence-electron chi connectivity index (χ2n) is 8.87. The van der Waals surface area contributed by atoms with Crippen LogP contribution in [0.5, 0.6) is 0 Å². The van der Waals surface area contributed by atoms with Crippen molar-refractivity contribution in [1.29, 1.82) is 0 Å². The third-order valence-electron chi connectivity index (χ3n) is 6.91. The van der Waals surface area contributed by atoms with Gasteiger partial charge in [0.1, 0.15) is 0 Å². The molecule has 1 fully saturated rings. The largest absolute Gasteiger partial charge is 0.282 e. The Balaban J connectivity index is 1.27. The summed E-state index contributed by atoms with van der Waals surface area (Å²) in [6.07, 6.45) is 1.87.